The van der Waals surface area contributed by atoms with Crippen molar-refractivity contribution in [1.82, 2.24) is 10.3 Å². The molecule has 1 atom stereocenters. The maximum absolute atomic E-state index is 5.79. The average Bonchev–Trinajstić information content (AvgIpc) is 2.73. The summed E-state index contributed by atoms with van der Waals surface area (Å²) in [6, 6.07) is 4.38. The van der Waals surface area contributed by atoms with Crippen LogP contribution in [0.15, 0.2) is 18.3 Å². The molecule has 1 aliphatic carbocycles. The fourth-order valence-corrected chi connectivity index (χ4v) is 1.63. The summed E-state index contributed by atoms with van der Waals surface area (Å²) in [5.74, 6) is 0. The first kappa shape index (κ1) is 9.46. The second kappa shape index (κ2) is 3.24. The van der Waals surface area contributed by atoms with Crippen LogP contribution in [-0.2, 0) is 6.54 Å². The fourth-order valence-electron chi connectivity index (χ4n) is 1.63. The Morgan fingerprint density at radius 2 is 2.36 bits per heavy atom. The molecular weight excluding hydrogens is 174 g/mol. The number of hydrogen-bond acceptors (Lipinski definition) is 3. The molecule has 1 fully saturated rings. The Labute approximate surface area is 84.7 Å². The smallest absolute Gasteiger partial charge is 0.0770 e. The van der Waals surface area contributed by atoms with E-state index in [4.69, 9.17) is 5.73 Å². The Hall–Kier alpha value is -1.09. The fraction of sp³-hybridized carbons (Fsp3) is 0.545. The van der Waals surface area contributed by atoms with E-state index < -0.39 is 0 Å². The van der Waals surface area contributed by atoms with E-state index in [2.05, 4.69) is 24.1 Å². The van der Waals surface area contributed by atoms with Gasteiger partial charge in [-0.15, -0.1) is 0 Å². The van der Waals surface area contributed by atoms with Crippen molar-refractivity contribution < 1.29 is 0 Å². The SMILES string of the molecule is CC1(C)CC1NCc1ncccc1N. The van der Waals surface area contributed by atoms with Gasteiger partial charge in [0.25, 0.3) is 0 Å². The normalized spacial score (nSPS) is 23.4. The largest absolute Gasteiger partial charge is 0.397 e. The Morgan fingerprint density at radius 3 is 2.93 bits per heavy atom. The van der Waals surface area contributed by atoms with Gasteiger partial charge in [0.2, 0.25) is 0 Å². The van der Waals surface area contributed by atoms with Crippen LogP contribution in [0.25, 0.3) is 0 Å². The van der Waals surface area contributed by atoms with Gasteiger partial charge in [-0.05, 0) is 24.0 Å². The molecular formula is C11H17N3. The molecule has 0 saturated heterocycles. The van der Waals surface area contributed by atoms with E-state index in [0.717, 1.165) is 17.9 Å². The highest BCUT2D eigenvalue weighted by Gasteiger charge is 2.45. The lowest BCUT2D eigenvalue weighted by Crippen LogP contribution is -2.21. The Morgan fingerprint density at radius 1 is 1.64 bits per heavy atom. The zero-order valence-electron chi connectivity index (χ0n) is 8.75. The number of hydrogen-bond donors (Lipinski definition) is 2. The summed E-state index contributed by atoms with van der Waals surface area (Å²) >= 11 is 0. The Balaban J connectivity index is 1.90. The van der Waals surface area contributed by atoms with Crippen LogP contribution in [0.5, 0.6) is 0 Å². The van der Waals surface area contributed by atoms with E-state index in [9.17, 15) is 0 Å². The van der Waals surface area contributed by atoms with Gasteiger partial charge < -0.3 is 11.1 Å². The molecule has 0 aromatic carbocycles. The number of aromatic nitrogens is 1. The molecule has 0 amide bonds. The van der Waals surface area contributed by atoms with Gasteiger partial charge in [0.15, 0.2) is 0 Å². The Kier molecular flexibility index (Phi) is 2.19. The lowest BCUT2D eigenvalue weighted by Gasteiger charge is -2.07. The average molecular weight is 191 g/mol. The highest BCUT2D eigenvalue weighted by atomic mass is 15.0. The van der Waals surface area contributed by atoms with Crippen LogP contribution >= 0.6 is 0 Å². The number of nitrogens with zero attached hydrogens (tertiary/aromatic N) is 1. The predicted octanol–water partition coefficient (Wildman–Crippen LogP) is 1.55. The van der Waals surface area contributed by atoms with Crippen LogP contribution in [0, 0.1) is 5.41 Å². The van der Waals surface area contributed by atoms with E-state index in [1.165, 1.54) is 6.42 Å². The number of pyridine rings is 1. The third-order valence-electron chi connectivity index (χ3n) is 2.95. The molecule has 3 nitrogen and oxygen atoms in total. The van der Waals surface area contributed by atoms with E-state index in [0.29, 0.717) is 11.5 Å². The van der Waals surface area contributed by atoms with Crippen molar-refractivity contribution >= 4 is 5.69 Å². The minimum Gasteiger partial charge on any atom is -0.397 e. The maximum atomic E-state index is 5.79. The number of rotatable bonds is 3. The third-order valence-corrected chi connectivity index (χ3v) is 2.95. The molecule has 3 heteroatoms. The van der Waals surface area contributed by atoms with E-state index in [-0.39, 0.29) is 0 Å². The van der Waals surface area contributed by atoms with Gasteiger partial charge in [-0.1, -0.05) is 13.8 Å². The van der Waals surface area contributed by atoms with Crippen molar-refractivity contribution in [3.63, 3.8) is 0 Å². The van der Waals surface area contributed by atoms with E-state index in [1.54, 1.807) is 6.20 Å². The highest BCUT2D eigenvalue weighted by molar-refractivity contribution is 5.41. The van der Waals surface area contributed by atoms with Gasteiger partial charge >= 0.3 is 0 Å². The van der Waals surface area contributed by atoms with Gasteiger partial charge in [0.05, 0.1) is 11.4 Å². The summed E-state index contributed by atoms with van der Waals surface area (Å²) in [6.07, 6.45) is 3.03. The highest BCUT2D eigenvalue weighted by Crippen LogP contribution is 2.44. The molecule has 1 aliphatic rings. The first-order valence-electron chi connectivity index (χ1n) is 5.02. The predicted molar refractivity (Wildman–Crippen MR) is 57.7 cm³/mol. The summed E-state index contributed by atoms with van der Waals surface area (Å²) in [5, 5.41) is 3.46. The lowest BCUT2D eigenvalue weighted by atomic mass is 10.2. The molecule has 76 valence electrons. The molecule has 14 heavy (non-hydrogen) atoms. The van der Waals surface area contributed by atoms with Crippen molar-refractivity contribution in [2.24, 2.45) is 5.41 Å². The summed E-state index contributed by atoms with van der Waals surface area (Å²) in [5.41, 5.74) is 7.98. The van der Waals surface area contributed by atoms with Crippen LogP contribution in [0.4, 0.5) is 5.69 Å². The first-order chi connectivity index (χ1) is 6.59. The molecule has 1 unspecified atom stereocenters. The van der Waals surface area contributed by atoms with Crippen molar-refractivity contribution in [1.29, 1.82) is 0 Å². The van der Waals surface area contributed by atoms with Gasteiger partial charge in [-0.2, -0.15) is 0 Å². The topological polar surface area (TPSA) is 50.9 Å². The van der Waals surface area contributed by atoms with Crippen molar-refractivity contribution in [2.45, 2.75) is 32.9 Å². The number of nitrogens with one attached hydrogen (secondary N) is 1. The van der Waals surface area contributed by atoms with Gasteiger partial charge in [0.1, 0.15) is 0 Å². The van der Waals surface area contributed by atoms with Crippen LogP contribution in [0.3, 0.4) is 0 Å². The first-order valence-corrected chi connectivity index (χ1v) is 5.02. The summed E-state index contributed by atoms with van der Waals surface area (Å²) in [4.78, 5) is 4.24. The monoisotopic (exact) mass is 191 g/mol. The molecule has 0 radical (unpaired) electrons. The molecule has 1 heterocycles. The quantitative estimate of drug-likeness (QED) is 0.762. The lowest BCUT2D eigenvalue weighted by molar-refractivity contribution is 0.539. The third kappa shape index (κ3) is 1.87. The zero-order valence-corrected chi connectivity index (χ0v) is 8.75. The van der Waals surface area contributed by atoms with Gasteiger partial charge in [-0.25, -0.2) is 0 Å². The van der Waals surface area contributed by atoms with Crippen molar-refractivity contribution in [3.8, 4) is 0 Å². The van der Waals surface area contributed by atoms with E-state index >= 15 is 0 Å². The molecule has 0 bridgehead atoms. The number of nitrogen functional groups attached to an aromatic ring is 1. The number of nitrogens with two attached hydrogens (primary N) is 1. The van der Waals surface area contributed by atoms with Crippen LogP contribution in [0.2, 0.25) is 0 Å². The molecule has 2 rings (SSSR count). The summed E-state index contributed by atoms with van der Waals surface area (Å²) in [7, 11) is 0. The maximum Gasteiger partial charge on any atom is 0.0770 e. The second-order valence-electron chi connectivity index (χ2n) is 4.67. The Bertz CT molecular complexity index is 333. The van der Waals surface area contributed by atoms with Crippen molar-refractivity contribution in [3.05, 3.63) is 24.0 Å². The molecule has 0 spiro atoms. The minimum atomic E-state index is 0.462. The molecule has 0 aliphatic heterocycles. The second-order valence-corrected chi connectivity index (χ2v) is 4.67. The summed E-state index contributed by atoms with van der Waals surface area (Å²) in [6.45, 7) is 5.32. The van der Waals surface area contributed by atoms with Crippen LogP contribution in [-0.4, -0.2) is 11.0 Å². The molecule has 1 aromatic rings. The molecule has 3 N–H and O–H groups in total. The van der Waals surface area contributed by atoms with Gasteiger partial charge in [-0.3, -0.25) is 4.98 Å². The molecule has 1 aromatic heterocycles. The molecule has 1 saturated carbocycles. The van der Waals surface area contributed by atoms with Gasteiger partial charge in [0, 0.05) is 18.8 Å². The summed E-state index contributed by atoms with van der Waals surface area (Å²) < 4.78 is 0. The zero-order chi connectivity index (χ0) is 10.2. The van der Waals surface area contributed by atoms with Crippen LogP contribution in [0.1, 0.15) is 26.0 Å². The van der Waals surface area contributed by atoms with E-state index in [1.807, 2.05) is 12.1 Å². The van der Waals surface area contributed by atoms with Crippen molar-refractivity contribution in [2.75, 3.05) is 5.73 Å². The minimum absolute atomic E-state index is 0.462. The standard InChI is InChI=1S/C11H17N3/c1-11(2)6-10(11)14-7-9-8(12)4-3-5-13-9/h3-5,10,14H,6-7,12H2,1-2H3. The van der Waals surface area contributed by atoms with Crippen LogP contribution < -0.4 is 11.1 Å². The number of anilines is 1.